The van der Waals surface area contributed by atoms with Crippen molar-refractivity contribution < 1.29 is 80.1 Å². The Morgan fingerprint density at radius 2 is 0.746 bits per heavy atom. The third kappa shape index (κ3) is 168. The zero-order chi connectivity index (χ0) is 61.5. The maximum absolute atomic E-state index is 11.7. The van der Waals surface area contributed by atoms with Gasteiger partial charge in [-0.3, -0.25) is 4.74 Å². The van der Waals surface area contributed by atoms with Gasteiger partial charge in [-0.1, -0.05) is 118 Å². The molecular weight excluding hydrogens is 1010 g/mol. The average Bonchev–Trinajstić information content (AvgIpc) is 3.69. The standard InChI is InChI=1S/C5H9F3O.C5H9F3S.C5H7F3.C5H9F3.C5H9N.C5H12O.C5H12S.C5H12.C4H9F.C3H6F2.C3H7F/c2*1-4(2,3)9-5(6,7)8;1-4(2-3-4)5(6,7)8;1-4(2,3)5(6,7)8;2*1-5(2,3)4-6;1-5(2,3)6-4;1-5(2,3)4;1-4(2,3)5;1-3(2,4)5;1-3(2)4/h2*1-3H3;2-3H2,1H3;1-3H3;1-3H3;6H,4H2,1-3H3;1-4H3;1-4H3;1-3H3;1-2H3;3H,1-2H3. The van der Waals surface area contributed by atoms with Crippen molar-refractivity contribution in [2.24, 2.45) is 27.1 Å². The molecule has 0 amide bonds. The number of aliphatic hydroxyl groups is 1. The fourth-order valence-electron chi connectivity index (χ4n) is 1.17. The van der Waals surface area contributed by atoms with Crippen LogP contribution in [-0.4, -0.2) is 75.1 Å². The van der Waals surface area contributed by atoms with Crippen LogP contribution in [-0.2, 0) is 4.74 Å². The van der Waals surface area contributed by atoms with Crippen LogP contribution in [0.25, 0.3) is 0 Å². The molecule has 1 rings (SSSR count). The Hall–Kier alpha value is -1.01. The van der Waals surface area contributed by atoms with Gasteiger partial charge in [-0.25, -0.2) is 17.6 Å². The van der Waals surface area contributed by atoms with Crippen LogP contribution in [0.4, 0.5) is 70.2 Å². The molecule has 0 aromatic carbocycles. The average molecular weight is 1120 g/mol. The molecule has 0 aromatic rings. The summed E-state index contributed by atoms with van der Waals surface area (Å²) in [6, 6.07) is 2.10. The first-order valence-corrected chi connectivity index (χ1v) is 24.5. The van der Waals surface area contributed by atoms with Gasteiger partial charge in [0, 0.05) is 21.5 Å². The molecule has 21 heteroatoms. The molecule has 0 unspecified atom stereocenters. The van der Waals surface area contributed by atoms with Crippen molar-refractivity contribution >= 4 is 23.5 Å². The summed E-state index contributed by atoms with van der Waals surface area (Å²) in [5.74, 6) is -2.50. The van der Waals surface area contributed by atoms with E-state index in [4.69, 9.17) is 10.4 Å². The van der Waals surface area contributed by atoms with Crippen molar-refractivity contribution in [2.75, 3.05) is 12.9 Å². The predicted octanol–water partition coefficient (Wildman–Crippen LogP) is 21.9. The first kappa shape index (κ1) is 92.6. The van der Waals surface area contributed by atoms with Crippen LogP contribution in [0.2, 0.25) is 0 Å². The lowest BCUT2D eigenvalue weighted by molar-refractivity contribution is -0.358. The van der Waals surface area contributed by atoms with Crippen LogP contribution in [0.3, 0.4) is 0 Å². The molecule has 442 valence electrons. The molecule has 1 aliphatic carbocycles. The zero-order valence-electron chi connectivity index (χ0n) is 49.4. The Kier molecular flexibility index (Phi) is 48.1. The normalized spacial score (nSPS) is 14.0. The molecule has 3 nitrogen and oxygen atoms in total. The van der Waals surface area contributed by atoms with E-state index in [0.29, 0.717) is 23.0 Å². The Bertz CT molecular complexity index is 1110. The van der Waals surface area contributed by atoms with E-state index in [0.717, 1.165) is 34.6 Å². The van der Waals surface area contributed by atoms with Crippen LogP contribution in [0.5, 0.6) is 0 Å². The largest absolute Gasteiger partial charge is 0.523 e. The van der Waals surface area contributed by atoms with Crippen molar-refractivity contribution in [3.05, 3.63) is 0 Å². The Balaban J connectivity index is -0.0000000727. The van der Waals surface area contributed by atoms with Crippen molar-refractivity contribution in [3.63, 3.8) is 0 Å². The second-order valence-corrected chi connectivity index (χ2v) is 29.0. The van der Waals surface area contributed by atoms with Crippen LogP contribution in [0.1, 0.15) is 221 Å². The summed E-state index contributed by atoms with van der Waals surface area (Å²) in [6.45, 7) is 49.9. The van der Waals surface area contributed by atoms with E-state index >= 15 is 0 Å². The van der Waals surface area contributed by atoms with Crippen LogP contribution >= 0.6 is 23.5 Å². The maximum Gasteiger partial charge on any atom is 0.523 e. The first-order chi connectivity index (χ1) is 29.5. The van der Waals surface area contributed by atoms with Gasteiger partial charge in [0.15, 0.2) is 0 Å². The highest BCUT2D eigenvalue weighted by atomic mass is 32.2. The number of rotatable bonds is 0. The van der Waals surface area contributed by atoms with Gasteiger partial charge in [-0.15, -0.1) is 13.2 Å². The van der Waals surface area contributed by atoms with E-state index < -0.39 is 63.2 Å². The van der Waals surface area contributed by atoms with E-state index in [1.165, 1.54) is 83.1 Å². The topological polar surface area (TPSA) is 53.2 Å². The number of ether oxygens (including phenoxy) is 1. The summed E-state index contributed by atoms with van der Waals surface area (Å²) >= 11 is 1.90. The fourth-order valence-corrected chi connectivity index (χ4v) is 1.86. The molecule has 0 spiro atoms. The monoisotopic (exact) mass is 1120 g/mol. The smallest absolute Gasteiger partial charge is 0.396 e. The SMILES string of the molecule is CC(C)(C)C.CC(C)(C)C#N.CC(C)(C)C(F)(F)F.CC(C)(C)CO.CC(C)(C)F.CC(C)(C)OC(F)(F)F.CC(C)(C)SC(F)(F)F.CC(C)(F)F.CC(C)F.CC1(C(F)(F)F)CC1.CSC(C)(C)C. The summed E-state index contributed by atoms with van der Waals surface area (Å²) in [5, 5.41) is 16.6. The van der Waals surface area contributed by atoms with E-state index in [9.17, 15) is 70.2 Å². The molecule has 1 saturated carbocycles. The van der Waals surface area contributed by atoms with Gasteiger partial charge in [-0.05, 0) is 132 Å². The van der Waals surface area contributed by atoms with Crippen LogP contribution in [0, 0.1) is 38.4 Å². The van der Waals surface area contributed by atoms with Gasteiger partial charge in [0.05, 0.1) is 28.7 Å². The van der Waals surface area contributed by atoms with Gasteiger partial charge in [0.25, 0.3) is 0 Å². The molecule has 0 radical (unpaired) electrons. The van der Waals surface area contributed by atoms with E-state index in [1.54, 1.807) is 0 Å². The zero-order valence-corrected chi connectivity index (χ0v) is 51.0. The molecule has 0 aromatic heterocycles. The lowest BCUT2D eigenvalue weighted by Crippen LogP contribution is -2.28. The van der Waals surface area contributed by atoms with E-state index in [1.807, 2.05) is 53.3 Å². The van der Waals surface area contributed by atoms with Gasteiger partial charge in [0.1, 0.15) is 5.67 Å². The van der Waals surface area contributed by atoms with Crippen molar-refractivity contribution in [1.29, 1.82) is 5.26 Å². The van der Waals surface area contributed by atoms with Crippen molar-refractivity contribution in [2.45, 2.75) is 278 Å². The number of nitriles is 1. The molecule has 1 aliphatic rings. The number of hydrogen-bond donors (Lipinski definition) is 1. The van der Waals surface area contributed by atoms with Crippen LogP contribution in [0.15, 0.2) is 0 Å². The summed E-state index contributed by atoms with van der Waals surface area (Å²) in [7, 11) is 0. The Labute approximate surface area is 431 Å². The third-order valence-corrected chi connectivity index (χ3v) is 6.87. The quantitative estimate of drug-likeness (QED) is 0.245. The number of aliphatic hydroxyl groups excluding tert-OH is 1. The molecule has 0 heterocycles. The summed E-state index contributed by atoms with van der Waals surface area (Å²) in [4.78, 5) is 0. The number of hydrogen-bond acceptors (Lipinski definition) is 5. The van der Waals surface area contributed by atoms with Crippen molar-refractivity contribution in [3.8, 4) is 6.07 Å². The highest BCUT2D eigenvalue weighted by Crippen LogP contribution is 2.56. The Morgan fingerprint density at radius 1 is 0.563 bits per heavy atom. The lowest BCUT2D eigenvalue weighted by atomic mass is 9.96. The third-order valence-electron chi connectivity index (χ3n) is 4.80. The number of halogens is 16. The molecule has 0 bridgehead atoms. The molecule has 0 aliphatic heterocycles. The summed E-state index contributed by atoms with van der Waals surface area (Å²) in [5.41, 5.74) is -8.67. The summed E-state index contributed by atoms with van der Waals surface area (Å²) in [6.07, 6.45) is -10.4. The number of nitrogens with zero attached hydrogens (tertiary/aromatic N) is 1. The molecular formula is C50H101F16NO2S2. The lowest BCUT2D eigenvalue weighted by Gasteiger charge is -2.21. The van der Waals surface area contributed by atoms with Gasteiger partial charge >= 0.3 is 24.2 Å². The first-order valence-electron chi connectivity index (χ1n) is 22.5. The minimum atomic E-state index is -4.52. The van der Waals surface area contributed by atoms with Gasteiger partial charge in [-0.2, -0.15) is 56.5 Å². The highest BCUT2D eigenvalue weighted by molar-refractivity contribution is 8.01. The number of thioether (sulfide) groups is 2. The van der Waals surface area contributed by atoms with Gasteiger partial charge < -0.3 is 5.11 Å². The second-order valence-electron chi connectivity index (χ2n) is 25.4. The minimum Gasteiger partial charge on any atom is -0.396 e. The predicted molar refractivity (Wildman–Crippen MR) is 273 cm³/mol. The second kappa shape index (κ2) is 36.9. The fraction of sp³-hybridized carbons (Fsp3) is 0.980. The molecule has 0 atom stereocenters. The Morgan fingerprint density at radius 3 is 0.746 bits per heavy atom. The molecule has 71 heavy (non-hydrogen) atoms. The van der Waals surface area contributed by atoms with Crippen LogP contribution < -0.4 is 0 Å². The molecule has 1 fully saturated rings. The maximum atomic E-state index is 11.7. The van der Waals surface area contributed by atoms with E-state index in [-0.39, 0.29) is 29.2 Å². The van der Waals surface area contributed by atoms with Gasteiger partial charge in [0.2, 0.25) is 5.92 Å². The van der Waals surface area contributed by atoms with Crippen molar-refractivity contribution in [1.82, 2.24) is 0 Å². The molecule has 1 N–H and O–H groups in total. The number of alkyl halides is 16. The highest BCUT2D eigenvalue weighted by Gasteiger charge is 2.59. The minimum absolute atomic E-state index is 0.0139. The summed E-state index contributed by atoms with van der Waals surface area (Å²) < 4.78 is 186. The molecule has 0 saturated heterocycles. The van der Waals surface area contributed by atoms with E-state index in [2.05, 4.69) is 65.5 Å².